The summed E-state index contributed by atoms with van der Waals surface area (Å²) < 4.78 is 6.09. The highest BCUT2D eigenvalue weighted by molar-refractivity contribution is 5.66. The Morgan fingerprint density at radius 2 is 2.00 bits per heavy atom. The second kappa shape index (κ2) is 9.93. The predicted octanol–water partition coefficient (Wildman–Crippen LogP) is 4.31. The predicted molar refractivity (Wildman–Crippen MR) is 113 cm³/mol. The largest absolute Gasteiger partial charge is 0.481 e. The zero-order chi connectivity index (χ0) is 21.0. The van der Waals surface area contributed by atoms with Crippen LogP contribution in [0.2, 0.25) is 0 Å². The molecule has 5 heteroatoms. The lowest BCUT2D eigenvalue weighted by Crippen LogP contribution is -2.65. The molecule has 0 aliphatic heterocycles. The molecule has 0 aromatic heterocycles. The lowest BCUT2D eigenvalue weighted by molar-refractivity contribution is -0.182. The fraction of sp³-hybridized carbons (Fsp3) is 0.875. The number of ether oxygens (including phenoxy) is 1. The van der Waals surface area contributed by atoms with Crippen molar-refractivity contribution in [1.82, 2.24) is 0 Å². The van der Waals surface area contributed by atoms with Crippen molar-refractivity contribution in [2.45, 2.75) is 102 Å². The number of aliphatic hydroxyl groups is 2. The number of allylic oxidation sites excluding steroid dienone is 1. The molecule has 29 heavy (non-hydrogen) atoms. The number of carboxylic acids is 1. The van der Waals surface area contributed by atoms with Crippen LogP contribution >= 0.6 is 0 Å². The maximum Gasteiger partial charge on any atom is 0.303 e. The van der Waals surface area contributed by atoms with Gasteiger partial charge in [0.2, 0.25) is 0 Å². The summed E-state index contributed by atoms with van der Waals surface area (Å²) in [5.41, 5.74) is 0.900. The van der Waals surface area contributed by atoms with E-state index in [1.165, 1.54) is 24.8 Å². The molecule has 5 nitrogen and oxygen atoms in total. The quantitative estimate of drug-likeness (QED) is 0.495. The maximum atomic E-state index is 10.9. The maximum absolute atomic E-state index is 10.9. The first-order valence-corrected chi connectivity index (χ1v) is 11.8. The highest BCUT2D eigenvalue weighted by Gasteiger charge is 2.63. The molecule has 0 aromatic carbocycles. The van der Waals surface area contributed by atoms with Gasteiger partial charge in [-0.3, -0.25) is 4.79 Å². The highest BCUT2D eigenvalue weighted by Crippen LogP contribution is 2.62. The second-order valence-electron chi connectivity index (χ2n) is 9.54. The van der Waals surface area contributed by atoms with Crippen LogP contribution in [0.1, 0.15) is 84.0 Å². The molecule has 0 spiro atoms. The van der Waals surface area contributed by atoms with Gasteiger partial charge >= 0.3 is 5.97 Å². The summed E-state index contributed by atoms with van der Waals surface area (Å²) in [5.74, 6) is 0.396. The smallest absolute Gasteiger partial charge is 0.303 e. The average Bonchev–Trinajstić information content (AvgIpc) is 2.72. The van der Waals surface area contributed by atoms with Crippen molar-refractivity contribution in [3.05, 3.63) is 11.6 Å². The number of hydrogen-bond acceptors (Lipinski definition) is 4. The Labute approximate surface area is 175 Å². The molecule has 0 saturated heterocycles. The summed E-state index contributed by atoms with van der Waals surface area (Å²) in [4.78, 5) is 10.9. The monoisotopic (exact) mass is 408 g/mol. The first-order valence-electron chi connectivity index (χ1n) is 11.8. The molecule has 0 aromatic rings. The third-order valence-corrected chi connectivity index (χ3v) is 8.14. The molecule has 3 N–H and O–H groups in total. The van der Waals surface area contributed by atoms with Crippen molar-refractivity contribution in [3.8, 4) is 0 Å². The van der Waals surface area contributed by atoms with E-state index in [4.69, 9.17) is 9.84 Å². The Hall–Kier alpha value is -0.910. The molecule has 6 atom stereocenters. The number of aliphatic carboxylic acids is 1. The molecule has 3 aliphatic rings. The van der Waals surface area contributed by atoms with Crippen LogP contribution in [0.5, 0.6) is 0 Å². The fourth-order valence-electron chi connectivity index (χ4n) is 6.69. The number of fused-ring (bicyclic) bond motifs is 1. The Bertz CT molecular complexity index is 582. The minimum Gasteiger partial charge on any atom is -0.481 e. The zero-order valence-electron chi connectivity index (χ0n) is 18.2. The molecule has 166 valence electrons. The summed E-state index contributed by atoms with van der Waals surface area (Å²) in [7, 11) is 1.76. The van der Waals surface area contributed by atoms with Gasteiger partial charge in [0.1, 0.15) is 0 Å². The van der Waals surface area contributed by atoms with Crippen molar-refractivity contribution >= 4 is 5.97 Å². The fourth-order valence-corrected chi connectivity index (χ4v) is 6.69. The average molecular weight is 409 g/mol. The molecular formula is C24H40O5. The first-order chi connectivity index (χ1) is 13.9. The van der Waals surface area contributed by atoms with Crippen molar-refractivity contribution in [1.29, 1.82) is 0 Å². The van der Waals surface area contributed by atoms with Gasteiger partial charge in [-0.1, -0.05) is 32.3 Å². The van der Waals surface area contributed by atoms with Crippen LogP contribution in [-0.4, -0.2) is 46.2 Å². The van der Waals surface area contributed by atoms with Crippen LogP contribution in [0.25, 0.3) is 0 Å². The van der Waals surface area contributed by atoms with Gasteiger partial charge in [0, 0.05) is 19.4 Å². The van der Waals surface area contributed by atoms with Gasteiger partial charge in [0.25, 0.3) is 0 Å². The first kappa shape index (κ1) is 22.8. The standard InChI is InChI=1S/C24H40O5/c1-3-17-19(10-7-11-22(27)28)24(29-2)15-14-21(26)18(23(17)24)12-13-20(25)16-8-5-4-6-9-16/h10,16-18,20-21,23,25-26H,3-9,11-15H2,1-2H3,(H,27,28)/t17?,18-,20?,21+,23+,24-/m1/s1. The number of aliphatic hydroxyl groups excluding tert-OH is 2. The molecule has 0 amide bonds. The molecule has 0 heterocycles. The number of rotatable bonds is 9. The van der Waals surface area contributed by atoms with Crippen LogP contribution in [0, 0.1) is 23.7 Å². The summed E-state index contributed by atoms with van der Waals surface area (Å²) in [6.45, 7) is 2.17. The molecular weight excluding hydrogens is 368 g/mol. The normalized spacial score (nSPS) is 37.7. The Morgan fingerprint density at radius 1 is 1.28 bits per heavy atom. The number of carboxylic acid groups (broad SMARTS) is 1. The van der Waals surface area contributed by atoms with E-state index in [-0.39, 0.29) is 36.1 Å². The number of carbonyl (C=O) groups is 1. The van der Waals surface area contributed by atoms with Crippen molar-refractivity contribution < 1.29 is 24.9 Å². The van der Waals surface area contributed by atoms with Gasteiger partial charge in [-0.2, -0.15) is 0 Å². The van der Waals surface area contributed by atoms with Crippen molar-refractivity contribution in [2.24, 2.45) is 23.7 Å². The topological polar surface area (TPSA) is 87.0 Å². The summed E-state index contributed by atoms with van der Waals surface area (Å²) >= 11 is 0. The van der Waals surface area contributed by atoms with Crippen LogP contribution in [0.3, 0.4) is 0 Å². The van der Waals surface area contributed by atoms with E-state index in [1.54, 1.807) is 7.11 Å². The van der Waals surface area contributed by atoms with E-state index in [9.17, 15) is 15.0 Å². The van der Waals surface area contributed by atoms with Gasteiger partial charge in [0.05, 0.1) is 17.8 Å². The highest BCUT2D eigenvalue weighted by atomic mass is 16.5. The van der Waals surface area contributed by atoms with E-state index in [2.05, 4.69) is 13.0 Å². The lowest BCUT2D eigenvalue weighted by Gasteiger charge is -2.63. The third-order valence-electron chi connectivity index (χ3n) is 8.14. The summed E-state index contributed by atoms with van der Waals surface area (Å²) in [5, 5.41) is 30.6. The molecule has 3 fully saturated rings. The van der Waals surface area contributed by atoms with Crippen LogP contribution in [-0.2, 0) is 9.53 Å². The molecule has 0 radical (unpaired) electrons. The zero-order valence-corrected chi connectivity index (χ0v) is 18.2. The molecule has 0 bridgehead atoms. The molecule has 3 rings (SSSR count). The number of methoxy groups -OCH3 is 1. The van der Waals surface area contributed by atoms with Crippen molar-refractivity contribution in [3.63, 3.8) is 0 Å². The van der Waals surface area contributed by atoms with Gasteiger partial charge in [0.15, 0.2) is 0 Å². The van der Waals surface area contributed by atoms with Gasteiger partial charge in [-0.15, -0.1) is 0 Å². The summed E-state index contributed by atoms with van der Waals surface area (Å²) in [6.07, 6.45) is 12.3. The second-order valence-corrected chi connectivity index (χ2v) is 9.54. The molecule has 3 aliphatic carbocycles. The van der Waals surface area contributed by atoms with Crippen LogP contribution < -0.4 is 0 Å². The van der Waals surface area contributed by atoms with Gasteiger partial charge < -0.3 is 20.1 Å². The van der Waals surface area contributed by atoms with Gasteiger partial charge in [-0.25, -0.2) is 0 Å². The van der Waals surface area contributed by atoms with E-state index in [0.29, 0.717) is 24.7 Å². The third kappa shape index (κ3) is 4.57. The summed E-state index contributed by atoms with van der Waals surface area (Å²) in [6, 6.07) is 0. The van der Waals surface area contributed by atoms with Crippen molar-refractivity contribution in [2.75, 3.05) is 7.11 Å². The number of hydrogen-bond donors (Lipinski definition) is 3. The molecule has 3 saturated carbocycles. The van der Waals surface area contributed by atoms with E-state index >= 15 is 0 Å². The Balaban J connectivity index is 1.70. The molecule has 2 unspecified atom stereocenters. The van der Waals surface area contributed by atoms with Crippen LogP contribution in [0.15, 0.2) is 11.6 Å². The Morgan fingerprint density at radius 3 is 2.62 bits per heavy atom. The van der Waals surface area contributed by atoms with E-state index in [1.807, 2.05) is 0 Å². The Kier molecular flexibility index (Phi) is 7.80. The van der Waals surface area contributed by atoms with Gasteiger partial charge in [-0.05, 0) is 74.7 Å². The van der Waals surface area contributed by atoms with E-state index in [0.717, 1.165) is 38.5 Å². The lowest BCUT2D eigenvalue weighted by atomic mass is 9.46. The minimum absolute atomic E-state index is 0.142. The van der Waals surface area contributed by atoms with Crippen LogP contribution in [0.4, 0.5) is 0 Å². The van der Waals surface area contributed by atoms with E-state index < -0.39 is 5.97 Å². The SMILES string of the molecule is CCC1C(=CCCC(=O)O)[C@]2(OC)CC[C@H](O)[C@@H](CCC(O)C3CCCCC3)[C@H]12. The minimum atomic E-state index is -0.772.